The highest BCUT2D eigenvalue weighted by atomic mass is 16.6. The molecule has 0 heterocycles. The van der Waals surface area contributed by atoms with Gasteiger partial charge in [0, 0.05) is 23.3 Å². The summed E-state index contributed by atoms with van der Waals surface area (Å²) in [6, 6.07) is 11.5. The molecule has 23 heavy (non-hydrogen) atoms. The maximum absolute atomic E-state index is 12.1. The third-order valence-electron chi connectivity index (χ3n) is 3.43. The Morgan fingerprint density at radius 2 is 1.91 bits per heavy atom. The van der Waals surface area contributed by atoms with Gasteiger partial charge in [0.1, 0.15) is 0 Å². The third kappa shape index (κ3) is 4.00. The van der Waals surface area contributed by atoms with Crippen LogP contribution in [0.15, 0.2) is 47.6 Å². The smallest absolute Gasteiger partial charge is 0.267 e. The molecule has 0 radical (unpaired) electrons. The quantitative estimate of drug-likeness (QED) is 0.533. The Balaban J connectivity index is 2.18. The minimum absolute atomic E-state index is 0.132. The van der Waals surface area contributed by atoms with Crippen LogP contribution in [0, 0.1) is 24.0 Å². The lowest BCUT2D eigenvalue weighted by atomic mass is 10.0. The molecule has 0 spiro atoms. The molecule has 0 saturated heterocycles. The number of nitro benzene ring substituents is 1. The zero-order valence-corrected chi connectivity index (χ0v) is 13.2. The summed E-state index contributed by atoms with van der Waals surface area (Å²) in [7, 11) is 0. The summed E-state index contributed by atoms with van der Waals surface area (Å²) in [6.07, 6.45) is 0. The van der Waals surface area contributed by atoms with E-state index >= 15 is 0 Å². The molecule has 0 saturated carbocycles. The van der Waals surface area contributed by atoms with Crippen LogP contribution in [0.25, 0.3) is 0 Å². The van der Waals surface area contributed by atoms with Crippen molar-refractivity contribution in [2.75, 3.05) is 0 Å². The lowest BCUT2D eigenvalue weighted by molar-refractivity contribution is -0.384. The number of benzene rings is 2. The van der Waals surface area contributed by atoms with E-state index in [4.69, 9.17) is 0 Å². The highest BCUT2D eigenvalue weighted by molar-refractivity contribution is 6.02. The number of nitrogens with zero attached hydrogens (tertiary/aromatic N) is 2. The second kappa shape index (κ2) is 6.83. The van der Waals surface area contributed by atoms with Crippen molar-refractivity contribution < 1.29 is 9.72 Å². The fraction of sp³-hybridized carbons (Fsp3) is 0.176. The first kappa shape index (κ1) is 16.4. The number of hydrogen-bond donors (Lipinski definition) is 1. The van der Waals surface area contributed by atoms with Gasteiger partial charge in [-0.25, -0.2) is 5.43 Å². The number of non-ortho nitro benzene ring substituents is 1. The van der Waals surface area contributed by atoms with E-state index in [1.807, 2.05) is 32.0 Å². The number of carbonyl (C=O) groups excluding carboxylic acids is 1. The van der Waals surface area contributed by atoms with Crippen LogP contribution < -0.4 is 5.43 Å². The van der Waals surface area contributed by atoms with Crippen molar-refractivity contribution in [3.63, 3.8) is 0 Å². The maximum Gasteiger partial charge on any atom is 0.271 e. The van der Waals surface area contributed by atoms with Crippen molar-refractivity contribution in [3.8, 4) is 0 Å². The van der Waals surface area contributed by atoms with E-state index in [-0.39, 0.29) is 11.3 Å². The van der Waals surface area contributed by atoms with Crippen molar-refractivity contribution in [3.05, 3.63) is 74.8 Å². The zero-order valence-electron chi connectivity index (χ0n) is 13.2. The van der Waals surface area contributed by atoms with Crippen molar-refractivity contribution >= 4 is 17.3 Å². The topological polar surface area (TPSA) is 84.6 Å². The van der Waals surface area contributed by atoms with Crippen LogP contribution >= 0.6 is 0 Å². The molecular formula is C17H17N3O3. The van der Waals surface area contributed by atoms with Gasteiger partial charge in [0.2, 0.25) is 0 Å². The Labute approximate surface area is 134 Å². The summed E-state index contributed by atoms with van der Waals surface area (Å²) in [6.45, 7) is 5.75. The molecule has 6 nitrogen and oxygen atoms in total. The monoisotopic (exact) mass is 311 g/mol. The summed E-state index contributed by atoms with van der Waals surface area (Å²) in [5, 5.41) is 14.8. The minimum atomic E-state index is -0.540. The summed E-state index contributed by atoms with van der Waals surface area (Å²) >= 11 is 0. The zero-order chi connectivity index (χ0) is 17.0. The standard InChI is InChI=1S/C17H17N3O3/c1-11-7-8-12(2)16(9-11)13(3)18-19-17(21)14-5-4-6-15(10-14)20(22)23/h4-10H,1-3H3,(H,19,21)/b18-13-. The molecule has 2 rings (SSSR count). The molecule has 0 aliphatic carbocycles. The Kier molecular flexibility index (Phi) is 4.85. The highest BCUT2D eigenvalue weighted by Gasteiger charge is 2.11. The van der Waals surface area contributed by atoms with Crippen LogP contribution in [-0.2, 0) is 0 Å². The average Bonchev–Trinajstić information content (AvgIpc) is 2.54. The van der Waals surface area contributed by atoms with Crippen LogP contribution in [0.5, 0.6) is 0 Å². The molecule has 0 bridgehead atoms. The number of rotatable bonds is 4. The summed E-state index contributed by atoms with van der Waals surface area (Å²) in [5.74, 6) is -0.488. The van der Waals surface area contributed by atoms with Gasteiger partial charge < -0.3 is 0 Å². The molecule has 0 aliphatic rings. The molecule has 1 N–H and O–H groups in total. The van der Waals surface area contributed by atoms with Gasteiger partial charge in [-0.05, 0) is 38.5 Å². The fourth-order valence-corrected chi connectivity index (χ4v) is 2.15. The number of aryl methyl sites for hydroxylation is 2. The number of nitrogens with one attached hydrogen (secondary N) is 1. The van der Waals surface area contributed by atoms with E-state index in [0.29, 0.717) is 5.71 Å². The number of hydrazone groups is 1. The number of amides is 1. The van der Waals surface area contributed by atoms with Crippen molar-refractivity contribution in [2.45, 2.75) is 20.8 Å². The van der Waals surface area contributed by atoms with E-state index in [1.54, 1.807) is 6.92 Å². The minimum Gasteiger partial charge on any atom is -0.267 e. The molecular weight excluding hydrogens is 294 g/mol. The number of nitro groups is 1. The Hall–Kier alpha value is -3.02. The van der Waals surface area contributed by atoms with Gasteiger partial charge in [0.25, 0.3) is 11.6 Å². The molecule has 6 heteroatoms. The third-order valence-corrected chi connectivity index (χ3v) is 3.43. The van der Waals surface area contributed by atoms with E-state index in [0.717, 1.165) is 16.7 Å². The van der Waals surface area contributed by atoms with Crippen molar-refractivity contribution in [1.82, 2.24) is 5.43 Å². The maximum atomic E-state index is 12.1. The number of hydrogen-bond acceptors (Lipinski definition) is 4. The lowest BCUT2D eigenvalue weighted by Gasteiger charge is -2.07. The van der Waals surface area contributed by atoms with Crippen LogP contribution in [0.4, 0.5) is 5.69 Å². The molecule has 0 aliphatic heterocycles. The van der Waals surface area contributed by atoms with E-state index in [9.17, 15) is 14.9 Å². The summed E-state index contributed by atoms with van der Waals surface area (Å²) in [5.41, 5.74) is 6.27. The number of carbonyl (C=O) groups is 1. The highest BCUT2D eigenvalue weighted by Crippen LogP contribution is 2.14. The van der Waals surface area contributed by atoms with Crippen LogP contribution in [0.2, 0.25) is 0 Å². The summed E-state index contributed by atoms with van der Waals surface area (Å²) in [4.78, 5) is 22.3. The van der Waals surface area contributed by atoms with Crippen LogP contribution in [0.1, 0.15) is 34.0 Å². The predicted molar refractivity (Wildman–Crippen MR) is 88.7 cm³/mol. The first-order chi connectivity index (χ1) is 10.9. The fourth-order valence-electron chi connectivity index (χ4n) is 2.15. The van der Waals surface area contributed by atoms with Crippen LogP contribution in [0.3, 0.4) is 0 Å². The van der Waals surface area contributed by atoms with Crippen LogP contribution in [-0.4, -0.2) is 16.5 Å². The SMILES string of the molecule is C/C(=N/NC(=O)c1cccc([N+](=O)[O-])c1)c1cc(C)ccc1C. The average molecular weight is 311 g/mol. The Bertz CT molecular complexity index is 797. The van der Waals surface area contributed by atoms with Crippen molar-refractivity contribution in [2.24, 2.45) is 5.10 Å². The molecule has 0 atom stereocenters. The van der Waals surface area contributed by atoms with Gasteiger partial charge >= 0.3 is 0 Å². The molecule has 0 fully saturated rings. The largest absolute Gasteiger partial charge is 0.271 e. The molecule has 0 aromatic heterocycles. The van der Waals surface area contributed by atoms with Gasteiger partial charge in [-0.1, -0.05) is 23.8 Å². The second-order valence-electron chi connectivity index (χ2n) is 5.26. The van der Waals surface area contributed by atoms with E-state index in [1.165, 1.54) is 24.3 Å². The van der Waals surface area contributed by atoms with Gasteiger partial charge in [-0.2, -0.15) is 5.10 Å². The molecule has 0 unspecified atom stereocenters. The molecule has 118 valence electrons. The van der Waals surface area contributed by atoms with E-state index in [2.05, 4.69) is 10.5 Å². The first-order valence-electron chi connectivity index (χ1n) is 7.05. The van der Waals surface area contributed by atoms with E-state index < -0.39 is 10.8 Å². The molecule has 2 aromatic carbocycles. The van der Waals surface area contributed by atoms with Gasteiger partial charge in [0.05, 0.1) is 10.6 Å². The predicted octanol–water partition coefficient (Wildman–Crippen LogP) is 3.37. The molecule has 2 aromatic rings. The van der Waals surface area contributed by atoms with Gasteiger partial charge in [-0.3, -0.25) is 14.9 Å². The Morgan fingerprint density at radius 1 is 1.17 bits per heavy atom. The molecule has 1 amide bonds. The van der Waals surface area contributed by atoms with Gasteiger partial charge in [0.15, 0.2) is 0 Å². The first-order valence-corrected chi connectivity index (χ1v) is 7.05. The Morgan fingerprint density at radius 3 is 2.61 bits per heavy atom. The van der Waals surface area contributed by atoms with Crippen molar-refractivity contribution in [1.29, 1.82) is 0 Å². The summed E-state index contributed by atoms with van der Waals surface area (Å²) < 4.78 is 0. The van der Waals surface area contributed by atoms with Gasteiger partial charge in [-0.15, -0.1) is 0 Å². The lowest BCUT2D eigenvalue weighted by Crippen LogP contribution is -2.19. The second-order valence-corrected chi connectivity index (χ2v) is 5.26. The normalized spacial score (nSPS) is 11.2.